The molecule has 0 aromatic carbocycles. The summed E-state index contributed by atoms with van der Waals surface area (Å²) in [5, 5.41) is 3.66. The summed E-state index contributed by atoms with van der Waals surface area (Å²) in [4.78, 5) is 1.42. The maximum absolute atomic E-state index is 2.53. The molecule has 0 saturated heterocycles. The minimum atomic E-state index is 1.06. The van der Waals surface area contributed by atoms with Gasteiger partial charge in [-0.15, -0.1) is 11.3 Å². The predicted octanol–water partition coefficient (Wildman–Crippen LogP) is 8.21. The molecule has 3 aromatic heterocycles. The Bertz CT molecular complexity index is 1020. The third kappa shape index (κ3) is 4.02. The highest BCUT2D eigenvalue weighted by atomic mass is 32.1. The lowest BCUT2D eigenvalue weighted by Gasteiger charge is -2.15. The first-order chi connectivity index (χ1) is 14.1. The fourth-order valence-corrected chi connectivity index (χ4v) is 5.37. The second-order valence-corrected chi connectivity index (χ2v) is 8.77. The van der Waals surface area contributed by atoms with Crippen LogP contribution in [0.2, 0.25) is 0 Å². The molecule has 3 heteroatoms. The van der Waals surface area contributed by atoms with Crippen molar-refractivity contribution in [1.29, 1.82) is 0 Å². The Labute approximate surface area is 180 Å². The van der Waals surface area contributed by atoms with Gasteiger partial charge in [0.05, 0.1) is 0 Å². The van der Waals surface area contributed by atoms with Gasteiger partial charge in [0.25, 0.3) is 0 Å². The van der Waals surface area contributed by atoms with Crippen LogP contribution < -0.4 is 0 Å². The number of hydrogen-bond donors (Lipinski definition) is 0. The minimum Gasteiger partial charge on any atom is -0.344 e. The van der Waals surface area contributed by atoms with E-state index in [2.05, 4.69) is 86.4 Å². The number of thiophene rings is 1. The molecule has 0 atom stereocenters. The number of hydrogen-bond acceptors (Lipinski definition) is 1. The summed E-state index contributed by atoms with van der Waals surface area (Å²) < 4.78 is 5.06. The van der Waals surface area contributed by atoms with Crippen molar-refractivity contribution < 1.29 is 0 Å². The van der Waals surface area contributed by atoms with E-state index in [0.29, 0.717) is 0 Å². The molecular formula is C26H36N2S. The monoisotopic (exact) mass is 408 g/mol. The molecular weight excluding hydrogens is 372 g/mol. The third-order valence-electron chi connectivity index (χ3n) is 5.75. The number of fused-ring (bicyclic) bond motifs is 1. The van der Waals surface area contributed by atoms with E-state index in [9.17, 15) is 0 Å². The average Bonchev–Trinajstić information content (AvgIpc) is 3.36. The van der Waals surface area contributed by atoms with Crippen molar-refractivity contribution >= 4 is 33.2 Å². The van der Waals surface area contributed by atoms with E-state index < -0.39 is 0 Å². The van der Waals surface area contributed by atoms with Gasteiger partial charge in [-0.2, -0.15) is 0 Å². The molecule has 0 unspecified atom stereocenters. The molecule has 0 amide bonds. The van der Waals surface area contributed by atoms with Crippen LogP contribution in [-0.4, -0.2) is 9.13 Å². The summed E-state index contributed by atoms with van der Waals surface area (Å²) in [6.45, 7) is 15.6. The molecule has 2 nitrogen and oxygen atoms in total. The van der Waals surface area contributed by atoms with Crippen molar-refractivity contribution in [3.8, 4) is 0 Å². The first kappa shape index (κ1) is 21.7. The van der Waals surface area contributed by atoms with E-state index in [-0.39, 0.29) is 0 Å². The third-order valence-corrected chi connectivity index (χ3v) is 6.69. The van der Waals surface area contributed by atoms with Crippen LogP contribution in [0, 0.1) is 13.8 Å². The lowest BCUT2D eigenvalue weighted by Crippen LogP contribution is -2.06. The first-order valence-corrected chi connectivity index (χ1v) is 12.1. The van der Waals surface area contributed by atoms with Crippen molar-refractivity contribution in [3.05, 3.63) is 57.9 Å². The molecule has 0 saturated carbocycles. The topological polar surface area (TPSA) is 9.86 Å². The Hall–Kier alpha value is -2.00. The molecule has 0 fully saturated rings. The predicted molar refractivity (Wildman–Crippen MR) is 131 cm³/mol. The molecule has 3 aromatic rings. The molecule has 3 rings (SSSR count). The quantitative estimate of drug-likeness (QED) is 0.337. The highest BCUT2D eigenvalue weighted by Crippen LogP contribution is 2.39. The Balaban J connectivity index is 2.30. The van der Waals surface area contributed by atoms with E-state index in [1.54, 1.807) is 0 Å². The number of unbranched alkanes of at least 4 members (excludes halogenated alkanes) is 1. The van der Waals surface area contributed by atoms with Crippen LogP contribution in [0.1, 0.15) is 81.6 Å². The van der Waals surface area contributed by atoms with E-state index in [1.165, 1.54) is 50.4 Å². The molecule has 0 N–H and O–H groups in total. The molecule has 0 spiro atoms. The Morgan fingerprint density at radius 1 is 1.00 bits per heavy atom. The second kappa shape index (κ2) is 9.67. The zero-order chi connectivity index (χ0) is 21.0. The molecule has 0 bridgehead atoms. The normalized spacial score (nSPS) is 12.7. The molecule has 29 heavy (non-hydrogen) atoms. The van der Waals surface area contributed by atoms with Crippen LogP contribution in [0.25, 0.3) is 21.9 Å². The van der Waals surface area contributed by atoms with Crippen molar-refractivity contribution in [3.63, 3.8) is 0 Å². The standard InChI is InChI=1S/C26H36N2S/c1-7-11-13-22(24-18-21(12-8-2)19(5)27(24)15-9-3)25-20(6)28(16-10-4)26-23(25)14-17-29-26/h8,12-14,17-18H,7,9-11,15-16H2,1-6H3/b12-8-,22-13+. The smallest absolute Gasteiger partial charge is 0.103 e. The zero-order valence-corrected chi connectivity index (χ0v) is 19.8. The van der Waals surface area contributed by atoms with Gasteiger partial charge in [0.2, 0.25) is 0 Å². The minimum absolute atomic E-state index is 1.06. The molecule has 156 valence electrons. The van der Waals surface area contributed by atoms with Gasteiger partial charge < -0.3 is 9.13 Å². The van der Waals surface area contributed by atoms with E-state index in [1.807, 2.05) is 11.3 Å². The van der Waals surface area contributed by atoms with Gasteiger partial charge in [-0.25, -0.2) is 0 Å². The summed E-state index contributed by atoms with van der Waals surface area (Å²) in [6.07, 6.45) is 11.5. The summed E-state index contributed by atoms with van der Waals surface area (Å²) in [5.41, 5.74) is 8.33. The summed E-state index contributed by atoms with van der Waals surface area (Å²) in [7, 11) is 0. The Morgan fingerprint density at radius 2 is 1.72 bits per heavy atom. The highest BCUT2D eigenvalue weighted by Gasteiger charge is 2.22. The second-order valence-electron chi connectivity index (χ2n) is 7.88. The lowest BCUT2D eigenvalue weighted by molar-refractivity contribution is 0.658. The lowest BCUT2D eigenvalue weighted by atomic mass is 9.98. The van der Waals surface area contributed by atoms with Gasteiger partial charge in [-0.05, 0) is 63.1 Å². The molecule has 0 aliphatic rings. The molecule has 0 aliphatic heterocycles. The zero-order valence-electron chi connectivity index (χ0n) is 19.0. The molecule has 3 heterocycles. The van der Waals surface area contributed by atoms with Crippen molar-refractivity contribution in [2.75, 3.05) is 0 Å². The average molecular weight is 409 g/mol. The van der Waals surface area contributed by atoms with Crippen LogP contribution in [0.5, 0.6) is 0 Å². The van der Waals surface area contributed by atoms with Crippen LogP contribution >= 0.6 is 11.3 Å². The Kier molecular flexibility index (Phi) is 7.23. The van der Waals surface area contributed by atoms with Gasteiger partial charge in [0.1, 0.15) is 4.83 Å². The van der Waals surface area contributed by atoms with E-state index in [0.717, 1.165) is 32.4 Å². The van der Waals surface area contributed by atoms with Crippen molar-refractivity contribution in [2.24, 2.45) is 0 Å². The maximum Gasteiger partial charge on any atom is 0.103 e. The fraction of sp³-hybridized carbons (Fsp3) is 0.462. The highest BCUT2D eigenvalue weighted by molar-refractivity contribution is 7.16. The van der Waals surface area contributed by atoms with Gasteiger partial charge in [0, 0.05) is 46.7 Å². The van der Waals surface area contributed by atoms with Gasteiger partial charge >= 0.3 is 0 Å². The fourth-order valence-electron chi connectivity index (χ4n) is 4.39. The van der Waals surface area contributed by atoms with Crippen LogP contribution in [0.15, 0.2) is 29.7 Å². The number of aryl methyl sites for hydroxylation is 1. The van der Waals surface area contributed by atoms with Crippen LogP contribution in [0.4, 0.5) is 0 Å². The van der Waals surface area contributed by atoms with Crippen molar-refractivity contribution in [2.45, 2.75) is 80.3 Å². The number of allylic oxidation sites excluding steroid dienone is 2. The van der Waals surface area contributed by atoms with Crippen molar-refractivity contribution in [1.82, 2.24) is 9.13 Å². The SMILES string of the molecule is C/C=C\c1cc(/C(=C\CCC)c2c(C)n(CCC)c3sccc23)n(CCC)c1C. The maximum atomic E-state index is 2.53. The summed E-state index contributed by atoms with van der Waals surface area (Å²) >= 11 is 1.87. The van der Waals surface area contributed by atoms with E-state index in [4.69, 9.17) is 0 Å². The molecule has 0 radical (unpaired) electrons. The van der Waals surface area contributed by atoms with E-state index >= 15 is 0 Å². The van der Waals surface area contributed by atoms with Gasteiger partial charge in [-0.1, -0.05) is 45.4 Å². The van der Waals surface area contributed by atoms with Crippen LogP contribution in [0.3, 0.4) is 0 Å². The summed E-state index contributed by atoms with van der Waals surface area (Å²) in [5.74, 6) is 0. The number of aromatic nitrogens is 2. The molecule has 0 aliphatic carbocycles. The number of rotatable bonds is 9. The summed E-state index contributed by atoms with van der Waals surface area (Å²) in [6, 6.07) is 4.72. The van der Waals surface area contributed by atoms with Gasteiger partial charge in [-0.3, -0.25) is 0 Å². The first-order valence-electron chi connectivity index (χ1n) is 11.2. The number of nitrogens with zero attached hydrogens (tertiary/aromatic N) is 2. The van der Waals surface area contributed by atoms with Crippen LogP contribution in [-0.2, 0) is 13.1 Å². The van der Waals surface area contributed by atoms with Gasteiger partial charge in [0.15, 0.2) is 0 Å². The largest absolute Gasteiger partial charge is 0.344 e. The Morgan fingerprint density at radius 3 is 2.38 bits per heavy atom.